The van der Waals surface area contributed by atoms with Gasteiger partial charge >= 0.3 is 0 Å². The van der Waals surface area contributed by atoms with Gasteiger partial charge in [0.15, 0.2) is 0 Å². The molecule has 1 rings (SSSR count). The van der Waals surface area contributed by atoms with Crippen molar-refractivity contribution >= 4 is 23.1 Å². The molecule has 1 aromatic rings. The molecule has 3 nitrogen and oxygen atoms in total. The molecule has 0 bridgehead atoms. The molecule has 0 heterocycles. The largest absolute Gasteiger partial charge is 0.393 e. The number of thiocarbonyl (C=S) groups is 1. The van der Waals surface area contributed by atoms with E-state index >= 15 is 0 Å². The Morgan fingerprint density at radius 2 is 1.90 bits per heavy atom. The molecule has 1 aromatic carbocycles. The zero-order chi connectivity index (χ0) is 15.2. The van der Waals surface area contributed by atoms with Crippen LogP contribution in [0.15, 0.2) is 30.3 Å². The van der Waals surface area contributed by atoms with Gasteiger partial charge in [-0.1, -0.05) is 63.3 Å². The van der Waals surface area contributed by atoms with Crippen molar-refractivity contribution in [3.8, 4) is 0 Å². The Kier molecular flexibility index (Phi) is 6.14. The Hall–Kier alpha value is -1.42. The molecule has 0 fully saturated rings. The highest BCUT2D eigenvalue weighted by Crippen LogP contribution is 2.17. The smallest absolute Gasteiger partial charge is 0.230 e. The first kappa shape index (κ1) is 16.6. The number of nitrogens with one attached hydrogen (secondary N) is 1. The first-order valence-corrected chi connectivity index (χ1v) is 7.31. The number of amides is 1. The van der Waals surface area contributed by atoms with Crippen molar-refractivity contribution in [2.45, 2.75) is 33.6 Å². The average molecular weight is 292 g/mol. The summed E-state index contributed by atoms with van der Waals surface area (Å²) in [6, 6.07) is 9.80. The van der Waals surface area contributed by atoms with Gasteiger partial charge in [0.25, 0.3) is 0 Å². The molecule has 110 valence electrons. The number of rotatable bonds is 6. The van der Waals surface area contributed by atoms with Gasteiger partial charge in [0.05, 0.1) is 10.9 Å². The third-order valence-electron chi connectivity index (χ3n) is 3.12. The topological polar surface area (TPSA) is 55.1 Å². The van der Waals surface area contributed by atoms with E-state index < -0.39 is 5.92 Å². The van der Waals surface area contributed by atoms with Gasteiger partial charge in [0.1, 0.15) is 0 Å². The number of carbonyl (C=O) groups excluding carboxylic acids is 1. The predicted molar refractivity (Wildman–Crippen MR) is 87.5 cm³/mol. The van der Waals surface area contributed by atoms with Crippen molar-refractivity contribution in [1.29, 1.82) is 0 Å². The fraction of sp³-hybridized carbons (Fsp3) is 0.500. The molecule has 1 atom stereocenters. The first-order valence-electron chi connectivity index (χ1n) is 6.90. The third-order valence-corrected chi connectivity index (χ3v) is 3.40. The summed E-state index contributed by atoms with van der Waals surface area (Å²) in [5, 5.41) is 2.93. The van der Waals surface area contributed by atoms with Crippen molar-refractivity contribution in [2.24, 2.45) is 17.1 Å². The van der Waals surface area contributed by atoms with Crippen LogP contribution in [0.5, 0.6) is 0 Å². The Morgan fingerprint density at radius 3 is 2.40 bits per heavy atom. The molecule has 1 amide bonds. The second-order valence-corrected chi connectivity index (χ2v) is 6.72. The lowest BCUT2D eigenvalue weighted by atomic mass is 9.92. The molecule has 0 aliphatic carbocycles. The molecule has 0 aromatic heterocycles. The van der Waals surface area contributed by atoms with Gasteiger partial charge in [0, 0.05) is 6.54 Å². The van der Waals surface area contributed by atoms with E-state index in [1.54, 1.807) is 0 Å². The number of hydrogen-bond acceptors (Lipinski definition) is 2. The van der Waals surface area contributed by atoms with Gasteiger partial charge in [-0.25, -0.2) is 0 Å². The van der Waals surface area contributed by atoms with E-state index in [0.717, 1.165) is 12.0 Å². The molecular weight excluding hydrogens is 268 g/mol. The molecule has 4 heteroatoms. The Labute approximate surface area is 126 Å². The molecule has 0 saturated carbocycles. The highest BCUT2D eigenvalue weighted by atomic mass is 32.1. The molecule has 3 N–H and O–H groups in total. The van der Waals surface area contributed by atoms with Crippen LogP contribution in [-0.2, 0) is 11.2 Å². The minimum atomic E-state index is -0.438. The minimum absolute atomic E-state index is 0.0781. The van der Waals surface area contributed by atoms with Crippen molar-refractivity contribution in [2.75, 3.05) is 6.54 Å². The molecule has 0 radical (unpaired) electrons. The maximum atomic E-state index is 12.2. The summed E-state index contributed by atoms with van der Waals surface area (Å²) < 4.78 is 0. The summed E-state index contributed by atoms with van der Waals surface area (Å²) in [4.78, 5) is 12.4. The van der Waals surface area contributed by atoms with Crippen LogP contribution in [0.4, 0.5) is 0 Å². The van der Waals surface area contributed by atoms with Crippen LogP contribution in [-0.4, -0.2) is 17.4 Å². The third kappa shape index (κ3) is 6.15. The summed E-state index contributed by atoms with van der Waals surface area (Å²) in [5.74, 6) is -0.516. The van der Waals surface area contributed by atoms with Crippen LogP contribution in [0.1, 0.15) is 32.8 Å². The minimum Gasteiger partial charge on any atom is -0.393 e. The number of benzene rings is 1. The SMILES string of the molecule is CC(C)(C)CCNC(=O)C(Cc1ccccc1)C(N)=S. The summed E-state index contributed by atoms with van der Waals surface area (Å²) in [7, 11) is 0. The number of nitrogens with two attached hydrogens (primary N) is 1. The van der Waals surface area contributed by atoms with Gasteiger partial charge < -0.3 is 11.1 Å². The number of carbonyl (C=O) groups is 1. The van der Waals surface area contributed by atoms with E-state index in [4.69, 9.17) is 18.0 Å². The standard InChI is InChI=1S/C16H24N2OS/c1-16(2,3)9-10-18-15(19)13(14(17)20)11-12-7-5-4-6-8-12/h4-8,13H,9-11H2,1-3H3,(H2,17,20)(H,18,19). The van der Waals surface area contributed by atoms with Crippen molar-refractivity contribution in [3.05, 3.63) is 35.9 Å². The van der Waals surface area contributed by atoms with Crippen molar-refractivity contribution in [3.63, 3.8) is 0 Å². The predicted octanol–water partition coefficient (Wildman–Crippen LogP) is 2.68. The van der Waals surface area contributed by atoms with Crippen LogP contribution in [0, 0.1) is 11.3 Å². The van der Waals surface area contributed by atoms with Crippen LogP contribution in [0.25, 0.3) is 0 Å². The van der Waals surface area contributed by atoms with Crippen LogP contribution in [0.2, 0.25) is 0 Å². The van der Waals surface area contributed by atoms with E-state index in [1.807, 2.05) is 30.3 Å². The number of hydrogen-bond donors (Lipinski definition) is 2. The normalized spacial score (nSPS) is 12.8. The van der Waals surface area contributed by atoms with E-state index in [9.17, 15) is 4.79 Å². The second-order valence-electron chi connectivity index (χ2n) is 6.25. The molecule has 0 saturated heterocycles. The summed E-state index contributed by atoms with van der Waals surface area (Å²) in [6.07, 6.45) is 1.48. The van der Waals surface area contributed by atoms with Gasteiger partial charge in [-0.2, -0.15) is 0 Å². The highest BCUT2D eigenvalue weighted by Gasteiger charge is 2.22. The highest BCUT2D eigenvalue weighted by molar-refractivity contribution is 7.80. The van der Waals surface area contributed by atoms with Gasteiger partial charge in [-0.3, -0.25) is 4.79 Å². The monoisotopic (exact) mass is 292 g/mol. The molecule has 0 aliphatic heterocycles. The van der Waals surface area contributed by atoms with Gasteiger partial charge in [0.2, 0.25) is 5.91 Å². The summed E-state index contributed by atoms with van der Waals surface area (Å²) in [6.45, 7) is 7.09. The zero-order valence-corrected chi connectivity index (χ0v) is 13.3. The maximum absolute atomic E-state index is 12.2. The summed E-state index contributed by atoms with van der Waals surface area (Å²) in [5.41, 5.74) is 6.98. The Bertz CT molecular complexity index is 451. The van der Waals surface area contributed by atoms with Gasteiger partial charge in [-0.05, 0) is 23.8 Å². The van der Waals surface area contributed by atoms with E-state index in [-0.39, 0.29) is 16.3 Å². The molecule has 0 spiro atoms. The fourth-order valence-corrected chi connectivity index (χ4v) is 2.05. The van der Waals surface area contributed by atoms with E-state index in [1.165, 1.54) is 0 Å². The molecule has 1 unspecified atom stereocenters. The van der Waals surface area contributed by atoms with Crippen molar-refractivity contribution in [1.82, 2.24) is 5.32 Å². The fourth-order valence-electron chi connectivity index (χ4n) is 1.86. The van der Waals surface area contributed by atoms with Crippen LogP contribution in [0.3, 0.4) is 0 Å². The van der Waals surface area contributed by atoms with Crippen LogP contribution >= 0.6 is 12.2 Å². The van der Waals surface area contributed by atoms with Crippen molar-refractivity contribution < 1.29 is 4.79 Å². The van der Waals surface area contributed by atoms with E-state index in [2.05, 4.69) is 26.1 Å². The quantitative estimate of drug-likeness (QED) is 0.793. The Balaban J connectivity index is 2.58. The average Bonchev–Trinajstić information content (AvgIpc) is 2.35. The van der Waals surface area contributed by atoms with Crippen LogP contribution < -0.4 is 11.1 Å². The maximum Gasteiger partial charge on any atom is 0.230 e. The van der Waals surface area contributed by atoms with E-state index in [0.29, 0.717) is 13.0 Å². The zero-order valence-electron chi connectivity index (χ0n) is 12.5. The molecule has 0 aliphatic rings. The first-order chi connectivity index (χ1) is 9.29. The molecular formula is C16H24N2OS. The Morgan fingerprint density at radius 1 is 1.30 bits per heavy atom. The lowest BCUT2D eigenvalue weighted by molar-refractivity contribution is -0.123. The summed E-state index contributed by atoms with van der Waals surface area (Å²) >= 11 is 5.03. The lowest BCUT2D eigenvalue weighted by Gasteiger charge is -2.20. The molecule has 20 heavy (non-hydrogen) atoms. The van der Waals surface area contributed by atoms with Gasteiger partial charge in [-0.15, -0.1) is 0 Å². The lowest BCUT2D eigenvalue weighted by Crippen LogP contribution is -2.40. The second kappa shape index (κ2) is 7.39.